The van der Waals surface area contributed by atoms with Gasteiger partial charge in [0.1, 0.15) is 11.6 Å². The second-order valence-electron chi connectivity index (χ2n) is 6.05. The first-order valence-electron chi connectivity index (χ1n) is 6.83. The minimum Gasteiger partial charge on any atom is -0.480 e. The van der Waals surface area contributed by atoms with Gasteiger partial charge in [-0.3, -0.25) is 10.1 Å². The van der Waals surface area contributed by atoms with E-state index in [1.807, 2.05) is 12.1 Å². The SMILES string of the molecule is CC(C)(C)OC(=O)Nc1cccc2c1CC(C(=O)O)NC2. The molecule has 1 aromatic carbocycles. The van der Waals surface area contributed by atoms with Crippen LogP contribution in [0.5, 0.6) is 0 Å². The molecule has 1 amide bonds. The summed E-state index contributed by atoms with van der Waals surface area (Å²) in [5, 5.41) is 14.8. The van der Waals surface area contributed by atoms with Gasteiger partial charge in [-0.25, -0.2) is 4.79 Å². The van der Waals surface area contributed by atoms with Crippen LogP contribution in [0.25, 0.3) is 0 Å². The molecule has 1 aromatic rings. The highest BCUT2D eigenvalue weighted by Crippen LogP contribution is 2.25. The Morgan fingerprint density at radius 3 is 2.71 bits per heavy atom. The van der Waals surface area contributed by atoms with Gasteiger partial charge in [-0.15, -0.1) is 0 Å². The summed E-state index contributed by atoms with van der Waals surface area (Å²) >= 11 is 0. The van der Waals surface area contributed by atoms with Crippen LogP contribution in [-0.4, -0.2) is 28.8 Å². The van der Waals surface area contributed by atoms with Crippen LogP contribution in [0, 0.1) is 0 Å². The first-order valence-corrected chi connectivity index (χ1v) is 6.83. The standard InChI is InChI=1S/C15H20N2O4/c1-15(2,3)21-14(20)17-11-6-4-5-9-8-16-12(13(18)19)7-10(9)11/h4-6,12,16H,7-8H2,1-3H3,(H,17,20)(H,18,19). The minimum atomic E-state index is -0.896. The molecule has 21 heavy (non-hydrogen) atoms. The van der Waals surface area contributed by atoms with Crippen LogP contribution < -0.4 is 10.6 Å². The number of hydrogen-bond donors (Lipinski definition) is 3. The summed E-state index contributed by atoms with van der Waals surface area (Å²) in [7, 11) is 0. The van der Waals surface area contributed by atoms with Crippen LogP contribution in [0.3, 0.4) is 0 Å². The third kappa shape index (κ3) is 3.95. The fourth-order valence-corrected chi connectivity index (χ4v) is 2.26. The van der Waals surface area contributed by atoms with Gasteiger partial charge in [-0.2, -0.15) is 0 Å². The van der Waals surface area contributed by atoms with E-state index >= 15 is 0 Å². The highest BCUT2D eigenvalue weighted by molar-refractivity contribution is 5.87. The molecule has 0 saturated heterocycles. The molecule has 2 rings (SSSR count). The zero-order valence-electron chi connectivity index (χ0n) is 12.4. The molecule has 6 heteroatoms. The predicted molar refractivity (Wildman–Crippen MR) is 78.3 cm³/mol. The summed E-state index contributed by atoms with van der Waals surface area (Å²) in [6.45, 7) is 5.84. The highest BCUT2D eigenvalue weighted by atomic mass is 16.6. The van der Waals surface area contributed by atoms with Gasteiger partial charge in [0.05, 0.1) is 0 Å². The Balaban J connectivity index is 2.18. The molecule has 0 fully saturated rings. The van der Waals surface area contributed by atoms with E-state index in [9.17, 15) is 9.59 Å². The first kappa shape index (κ1) is 15.3. The van der Waals surface area contributed by atoms with Crippen LogP contribution in [0.2, 0.25) is 0 Å². The van der Waals surface area contributed by atoms with Crippen molar-refractivity contribution in [1.82, 2.24) is 5.32 Å². The summed E-state index contributed by atoms with van der Waals surface area (Å²) in [6, 6.07) is 4.86. The maximum Gasteiger partial charge on any atom is 0.412 e. The lowest BCUT2D eigenvalue weighted by Crippen LogP contribution is -2.42. The van der Waals surface area contributed by atoms with Crippen LogP contribution in [0.4, 0.5) is 10.5 Å². The van der Waals surface area contributed by atoms with E-state index in [1.165, 1.54) is 0 Å². The molecule has 0 aliphatic carbocycles. The van der Waals surface area contributed by atoms with Gasteiger partial charge in [0.2, 0.25) is 0 Å². The highest BCUT2D eigenvalue weighted by Gasteiger charge is 2.26. The number of anilines is 1. The molecule has 1 aliphatic heterocycles. The van der Waals surface area contributed by atoms with Crippen molar-refractivity contribution in [2.75, 3.05) is 5.32 Å². The molecule has 0 radical (unpaired) electrons. The number of carboxylic acids is 1. The van der Waals surface area contributed by atoms with Crippen molar-refractivity contribution in [2.45, 2.75) is 45.4 Å². The van der Waals surface area contributed by atoms with E-state index < -0.39 is 23.7 Å². The van der Waals surface area contributed by atoms with Gasteiger partial charge >= 0.3 is 12.1 Å². The van der Waals surface area contributed by atoms with E-state index in [2.05, 4.69) is 10.6 Å². The average molecular weight is 292 g/mol. The lowest BCUT2D eigenvalue weighted by molar-refractivity contribution is -0.139. The number of carbonyl (C=O) groups is 2. The molecule has 0 saturated carbocycles. The predicted octanol–water partition coefficient (Wildman–Crippen LogP) is 2.13. The van der Waals surface area contributed by atoms with Gasteiger partial charge in [-0.05, 0) is 38.0 Å². The van der Waals surface area contributed by atoms with Gasteiger partial charge in [0.25, 0.3) is 0 Å². The Morgan fingerprint density at radius 2 is 2.10 bits per heavy atom. The van der Waals surface area contributed by atoms with Crippen molar-refractivity contribution < 1.29 is 19.4 Å². The second kappa shape index (κ2) is 5.73. The van der Waals surface area contributed by atoms with E-state index in [0.717, 1.165) is 11.1 Å². The molecule has 3 N–H and O–H groups in total. The third-order valence-corrected chi connectivity index (χ3v) is 3.15. The van der Waals surface area contributed by atoms with E-state index in [0.29, 0.717) is 18.7 Å². The van der Waals surface area contributed by atoms with Crippen molar-refractivity contribution in [3.8, 4) is 0 Å². The van der Waals surface area contributed by atoms with E-state index in [4.69, 9.17) is 9.84 Å². The van der Waals surface area contributed by atoms with E-state index in [1.54, 1.807) is 26.8 Å². The Hall–Kier alpha value is -2.08. The van der Waals surface area contributed by atoms with Crippen molar-refractivity contribution >= 4 is 17.7 Å². The van der Waals surface area contributed by atoms with Crippen LogP contribution in [-0.2, 0) is 22.5 Å². The van der Waals surface area contributed by atoms with Gasteiger partial charge in [0, 0.05) is 18.7 Å². The molecular weight excluding hydrogens is 272 g/mol. The topological polar surface area (TPSA) is 87.7 Å². The van der Waals surface area contributed by atoms with Crippen molar-refractivity contribution in [2.24, 2.45) is 0 Å². The Labute approximate surface area is 123 Å². The van der Waals surface area contributed by atoms with Crippen LogP contribution in [0.15, 0.2) is 18.2 Å². The molecule has 1 atom stereocenters. The zero-order valence-corrected chi connectivity index (χ0v) is 12.4. The van der Waals surface area contributed by atoms with Crippen molar-refractivity contribution in [1.29, 1.82) is 0 Å². The number of ether oxygens (including phenoxy) is 1. The molecule has 0 spiro atoms. The summed E-state index contributed by atoms with van der Waals surface area (Å²) in [5.74, 6) is -0.896. The molecule has 1 aliphatic rings. The van der Waals surface area contributed by atoms with Gasteiger partial charge in [0.15, 0.2) is 0 Å². The molecule has 0 aromatic heterocycles. The number of amides is 1. The number of carboxylic acid groups (broad SMARTS) is 1. The molecule has 0 bridgehead atoms. The number of aliphatic carboxylic acids is 1. The van der Waals surface area contributed by atoms with Crippen molar-refractivity contribution in [3.05, 3.63) is 29.3 Å². The number of rotatable bonds is 2. The number of carbonyl (C=O) groups excluding carboxylic acids is 1. The Bertz CT molecular complexity index is 563. The maximum atomic E-state index is 11.9. The minimum absolute atomic E-state index is 0.330. The molecule has 1 heterocycles. The molecule has 1 unspecified atom stereocenters. The summed E-state index contributed by atoms with van der Waals surface area (Å²) in [4.78, 5) is 23.0. The number of fused-ring (bicyclic) bond motifs is 1. The van der Waals surface area contributed by atoms with Crippen LogP contribution >= 0.6 is 0 Å². The largest absolute Gasteiger partial charge is 0.480 e. The number of benzene rings is 1. The summed E-state index contributed by atoms with van der Waals surface area (Å²) in [5.41, 5.74) is 1.86. The lowest BCUT2D eigenvalue weighted by Gasteiger charge is -2.26. The number of nitrogens with one attached hydrogen (secondary N) is 2. The molecular formula is C15H20N2O4. The fourth-order valence-electron chi connectivity index (χ4n) is 2.26. The lowest BCUT2D eigenvalue weighted by atomic mass is 9.94. The first-order chi connectivity index (χ1) is 9.76. The fraction of sp³-hybridized carbons (Fsp3) is 0.467. The van der Waals surface area contributed by atoms with Crippen LogP contribution in [0.1, 0.15) is 31.9 Å². The Morgan fingerprint density at radius 1 is 1.38 bits per heavy atom. The smallest absolute Gasteiger partial charge is 0.412 e. The second-order valence-corrected chi connectivity index (χ2v) is 6.05. The molecule has 6 nitrogen and oxygen atoms in total. The maximum absolute atomic E-state index is 11.9. The summed E-state index contributed by atoms with van der Waals surface area (Å²) in [6.07, 6.45) is -0.210. The van der Waals surface area contributed by atoms with E-state index in [-0.39, 0.29) is 0 Å². The third-order valence-electron chi connectivity index (χ3n) is 3.15. The normalized spacial score (nSPS) is 17.8. The average Bonchev–Trinajstić information content (AvgIpc) is 2.36. The zero-order chi connectivity index (χ0) is 15.6. The molecule has 114 valence electrons. The quantitative estimate of drug-likeness (QED) is 0.777. The van der Waals surface area contributed by atoms with Crippen molar-refractivity contribution in [3.63, 3.8) is 0 Å². The van der Waals surface area contributed by atoms with Gasteiger partial charge < -0.3 is 15.2 Å². The number of hydrogen-bond acceptors (Lipinski definition) is 4. The Kier molecular flexibility index (Phi) is 4.18. The van der Waals surface area contributed by atoms with Gasteiger partial charge in [-0.1, -0.05) is 12.1 Å². The monoisotopic (exact) mass is 292 g/mol. The summed E-state index contributed by atoms with van der Waals surface area (Å²) < 4.78 is 5.22.